The van der Waals surface area contributed by atoms with E-state index in [1.165, 1.54) is 6.21 Å². The molecule has 2 aromatic carbocycles. The Kier molecular flexibility index (Phi) is 5.01. The van der Waals surface area contributed by atoms with Crippen LogP contribution >= 0.6 is 34.8 Å². The van der Waals surface area contributed by atoms with Crippen LogP contribution in [0.5, 0.6) is 0 Å². The number of carbonyl (C=O) groups excluding carboxylic acids is 1. The highest BCUT2D eigenvalue weighted by Crippen LogP contribution is 2.19. The molecule has 102 valence electrons. The summed E-state index contributed by atoms with van der Waals surface area (Å²) < 4.78 is 0. The fraction of sp³-hybridized carbons (Fsp3) is 0. The van der Waals surface area contributed by atoms with Crippen molar-refractivity contribution >= 4 is 46.9 Å². The molecule has 0 heterocycles. The lowest BCUT2D eigenvalue weighted by Crippen LogP contribution is -2.17. The first kappa shape index (κ1) is 14.9. The number of benzene rings is 2. The topological polar surface area (TPSA) is 41.5 Å². The van der Waals surface area contributed by atoms with E-state index in [1.54, 1.807) is 42.5 Å². The number of carbonyl (C=O) groups is 1. The molecular formula is C14H9Cl3N2O. The smallest absolute Gasteiger partial charge is 0.267 e. The molecule has 2 aromatic rings. The first-order valence-electron chi connectivity index (χ1n) is 5.60. The van der Waals surface area contributed by atoms with Crippen molar-refractivity contribution < 1.29 is 4.79 Å². The SMILES string of the molecule is O=C(NN=Cc1ccc(Cl)cc1Cl)c1cccc(Cl)c1. The second-order valence-electron chi connectivity index (χ2n) is 3.88. The van der Waals surface area contributed by atoms with E-state index in [0.29, 0.717) is 26.2 Å². The largest absolute Gasteiger partial charge is 0.271 e. The molecule has 0 aromatic heterocycles. The maximum atomic E-state index is 11.8. The van der Waals surface area contributed by atoms with E-state index in [2.05, 4.69) is 10.5 Å². The molecule has 0 radical (unpaired) electrons. The Bertz CT molecular complexity index is 671. The third-order valence-electron chi connectivity index (χ3n) is 2.42. The van der Waals surface area contributed by atoms with Gasteiger partial charge in [-0.15, -0.1) is 0 Å². The summed E-state index contributed by atoms with van der Waals surface area (Å²) in [5.41, 5.74) is 3.48. The van der Waals surface area contributed by atoms with Gasteiger partial charge < -0.3 is 0 Å². The predicted molar refractivity (Wildman–Crippen MR) is 83.0 cm³/mol. The van der Waals surface area contributed by atoms with Gasteiger partial charge in [0.05, 0.1) is 11.2 Å². The number of rotatable bonds is 3. The van der Waals surface area contributed by atoms with Crippen molar-refractivity contribution in [2.75, 3.05) is 0 Å². The van der Waals surface area contributed by atoms with E-state index in [4.69, 9.17) is 34.8 Å². The number of nitrogens with zero attached hydrogens (tertiary/aromatic N) is 1. The van der Waals surface area contributed by atoms with Crippen molar-refractivity contribution in [2.45, 2.75) is 0 Å². The van der Waals surface area contributed by atoms with Crippen LogP contribution in [-0.2, 0) is 0 Å². The van der Waals surface area contributed by atoms with Crippen molar-refractivity contribution in [1.29, 1.82) is 0 Å². The Morgan fingerprint density at radius 2 is 1.80 bits per heavy atom. The molecule has 0 saturated carbocycles. The summed E-state index contributed by atoms with van der Waals surface area (Å²) in [6.45, 7) is 0. The van der Waals surface area contributed by atoms with Crippen LogP contribution in [0.15, 0.2) is 47.6 Å². The molecule has 0 aliphatic carbocycles. The van der Waals surface area contributed by atoms with Gasteiger partial charge in [-0.2, -0.15) is 5.10 Å². The number of hydrazone groups is 1. The van der Waals surface area contributed by atoms with Gasteiger partial charge >= 0.3 is 0 Å². The Hall–Kier alpha value is -1.55. The first-order valence-corrected chi connectivity index (χ1v) is 6.73. The van der Waals surface area contributed by atoms with Gasteiger partial charge in [-0.3, -0.25) is 4.79 Å². The zero-order valence-corrected chi connectivity index (χ0v) is 12.4. The monoisotopic (exact) mass is 326 g/mol. The van der Waals surface area contributed by atoms with E-state index in [-0.39, 0.29) is 5.91 Å². The molecule has 1 N–H and O–H groups in total. The lowest BCUT2D eigenvalue weighted by molar-refractivity contribution is 0.0955. The maximum absolute atomic E-state index is 11.8. The van der Waals surface area contributed by atoms with E-state index in [0.717, 1.165) is 0 Å². The van der Waals surface area contributed by atoms with Gasteiger partial charge in [0.1, 0.15) is 0 Å². The highest BCUT2D eigenvalue weighted by atomic mass is 35.5. The highest BCUT2D eigenvalue weighted by molar-refractivity contribution is 6.36. The number of amides is 1. The van der Waals surface area contributed by atoms with Gasteiger partial charge in [-0.25, -0.2) is 5.43 Å². The fourth-order valence-corrected chi connectivity index (χ4v) is 2.11. The Morgan fingerprint density at radius 1 is 1.05 bits per heavy atom. The molecule has 0 saturated heterocycles. The minimum atomic E-state index is -0.353. The molecular weight excluding hydrogens is 319 g/mol. The van der Waals surface area contributed by atoms with E-state index in [9.17, 15) is 4.79 Å². The molecule has 0 bridgehead atoms. The summed E-state index contributed by atoms with van der Waals surface area (Å²) >= 11 is 17.6. The van der Waals surface area contributed by atoms with Gasteiger partial charge in [0.2, 0.25) is 0 Å². The molecule has 0 aliphatic rings. The first-order chi connectivity index (χ1) is 9.56. The quantitative estimate of drug-likeness (QED) is 0.658. The van der Waals surface area contributed by atoms with Gasteiger partial charge in [-0.1, -0.05) is 46.9 Å². The molecule has 0 unspecified atom stereocenters. The summed E-state index contributed by atoms with van der Waals surface area (Å²) in [5, 5.41) is 5.33. The summed E-state index contributed by atoms with van der Waals surface area (Å²) in [7, 11) is 0. The lowest BCUT2D eigenvalue weighted by atomic mass is 10.2. The number of hydrogen-bond acceptors (Lipinski definition) is 2. The summed E-state index contributed by atoms with van der Waals surface area (Å²) in [6.07, 6.45) is 1.45. The van der Waals surface area contributed by atoms with Crippen molar-refractivity contribution in [3.05, 3.63) is 68.7 Å². The number of halogens is 3. The molecule has 6 heteroatoms. The molecule has 1 amide bonds. The fourth-order valence-electron chi connectivity index (χ4n) is 1.46. The zero-order valence-electron chi connectivity index (χ0n) is 10.1. The van der Waals surface area contributed by atoms with Crippen LogP contribution < -0.4 is 5.43 Å². The minimum Gasteiger partial charge on any atom is -0.267 e. The van der Waals surface area contributed by atoms with Crippen LogP contribution in [0.1, 0.15) is 15.9 Å². The summed E-state index contributed by atoms with van der Waals surface area (Å²) in [6, 6.07) is 11.6. The van der Waals surface area contributed by atoms with Gasteiger partial charge in [-0.05, 0) is 30.3 Å². The molecule has 20 heavy (non-hydrogen) atoms. The minimum absolute atomic E-state index is 0.353. The van der Waals surface area contributed by atoms with Crippen molar-refractivity contribution in [3.8, 4) is 0 Å². The lowest BCUT2D eigenvalue weighted by Gasteiger charge is -2.01. The second kappa shape index (κ2) is 6.75. The van der Waals surface area contributed by atoms with Crippen LogP contribution in [0.25, 0.3) is 0 Å². The Balaban J connectivity index is 2.04. The zero-order chi connectivity index (χ0) is 14.5. The molecule has 3 nitrogen and oxygen atoms in total. The van der Waals surface area contributed by atoms with Crippen molar-refractivity contribution in [3.63, 3.8) is 0 Å². The number of hydrogen-bond donors (Lipinski definition) is 1. The molecule has 0 aliphatic heterocycles. The molecule has 0 spiro atoms. The molecule has 0 atom stereocenters. The standard InChI is InChI=1S/C14H9Cl3N2O/c15-11-3-1-2-9(6-11)14(20)19-18-8-10-4-5-12(16)7-13(10)17/h1-8H,(H,19,20). The second-order valence-corrected chi connectivity index (χ2v) is 5.16. The maximum Gasteiger partial charge on any atom is 0.271 e. The highest BCUT2D eigenvalue weighted by Gasteiger charge is 2.04. The van der Waals surface area contributed by atoms with Crippen molar-refractivity contribution in [1.82, 2.24) is 5.43 Å². The Labute approximate surface area is 131 Å². The molecule has 2 rings (SSSR count). The average molecular weight is 328 g/mol. The van der Waals surface area contributed by atoms with E-state index < -0.39 is 0 Å². The third-order valence-corrected chi connectivity index (χ3v) is 3.22. The van der Waals surface area contributed by atoms with Gasteiger partial charge in [0, 0.05) is 21.2 Å². The summed E-state index contributed by atoms with van der Waals surface area (Å²) in [4.78, 5) is 11.8. The van der Waals surface area contributed by atoms with Gasteiger partial charge in [0.15, 0.2) is 0 Å². The summed E-state index contributed by atoms with van der Waals surface area (Å²) in [5.74, 6) is -0.353. The predicted octanol–water partition coefficient (Wildman–Crippen LogP) is 4.41. The van der Waals surface area contributed by atoms with Crippen LogP contribution in [0.3, 0.4) is 0 Å². The van der Waals surface area contributed by atoms with Gasteiger partial charge in [0.25, 0.3) is 5.91 Å². The van der Waals surface area contributed by atoms with E-state index in [1.807, 2.05) is 0 Å². The average Bonchev–Trinajstić information content (AvgIpc) is 2.41. The van der Waals surface area contributed by atoms with Crippen molar-refractivity contribution in [2.24, 2.45) is 5.10 Å². The Morgan fingerprint density at radius 3 is 2.50 bits per heavy atom. The normalized spacial score (nSPS) is 10.8. The van der Waals surface area contributed by atoms with Crippen LogP contribution in [0.4, 0.5) is 0 Å². The molecule has 0 fully saturated rings. The van der Waals surface area contributed by atoms with Crippen LogP contribution in [0.2, 0.25) is 15.1 Å². The third kappa shape index (κ3) is 3.97. The van der Waals surface area contributed by atoms with Crippen LogP contribution in [-0.4, -0.2) is 12.1 Å². The number of nitrogens with one attached hydrogen (secondary N) is 1. The van der Waals surface area contributed by atoms with E-state index >= 15 is 0 Å². The van der Waals surface area contributed by atoms with Crippen LogP contribution in [0, 0.1) is 0 Å².